The molecule has 0 bridgehead atoms. The smallest absolute Gasteiger partial charge is 0.321 e. The Morgan fingerprint density at radius 3 is 2.54 bits per heavy atom. The number of ether oxygens (including phenoxy) is 1. The summed E-state index contributed by atoms with van der Waals surface area (Å²) in [5, 5.41) is 7.18. The summed E-state index contributed by atoms with van der Waals surface area (Å²) in [6.07, 6.45) is -0.0339. The number of imide groups is 1. The van der Waals surface area contributed by atoms with Gasteiger partial charge in [0.1, 0.15) is 5.01 Å². The fourth-order valence-corrected chi connectivity index (χ4v) is 2.85. The first-order valence-corrected chi connectivity index (χ1v) is 8.99. The maximum absolute atomic E-state index is 11.8. The number of esters is 1. The van der Waals surface area contributed by atoms with E-state index in [0.717, 1.165) is 16.1 Å². The quantitative estimate of drug-likeness (QED) is 0.756. The predicted octanol–water partition coefficient (Wildman–Crippen LogP) is 2.44. The van der Waals surface area contributed by atoms with E-state index in [-0.39, 0.29) is 12.5 Å². The molecular weight excluding hydrogens is 354 g/mol. The molecule has 1 aromatic heterocycles. The summed E-state index contributed by atoms with van der Waals surface area (Å²) in [5.41, 5.74) is 2.72. The number of amides is 3. The maximum atomic E-state index is 11.8. The third-order valence-electron chi connectivity index (χ3n) is 3.21. The van der Waals surface area contributed by atoms with Crippen molar-refractivity contribution >= 4 is 29.2 Å². The van der Waals surface area contributed by atoms with Crippen molar-refractivity contribution in [3.8, 4) is 10.6 Å². The van der Waals surface area contributed by atoms with Crippen LogP contribution in [0.5, 0.6) is 0 Å². The van der Waals surface area contributed by atoms with Gasteiger partial charge in [-0.05, 0) is 20.8 Å². The van der Waals surface area contributed by atoms with E-state index >= 15 is 0 Å². The van der Waals surface area contributed by atoms with Gasteiger partial charge in [-0.1, -0.05) is 29.8 Å². The van der Waals surface area contributed by atoms with E-state index < -0.39 is 24.5 Å². The highest BCUT2D eigenvalue weighted by Crippen LogP contribution is 2.24. The number of thiazole rings is 1. The topological polar surface area (TPSA) is 97.4 Å². The molecule has 8 heteroatoms. The summed E-state index contributed by atoms with van der Waals surface area (Å²) in [6, 6.07) is 7.23. The number of rotatable bonds is 6. The third kappa shape index (κ3) is 6.29. The Hall–Kier alpha value is -2.74. The molecule has 0 spiro atoms. The third-order valence-corrected chi connectivity index (χ3v) is 4.15. The Morgan fingerprint density at radius 1 is 1.19 bits per heavy atom. The minimum Gasteiger partial charge on any atom is -0.455 e. The molecule has 2 N–H and O–H groups in total. The van der Waals surface area contributed by atoms with Gasteiger partial charge in [-0.3, -0.25) is 14.9 Å². The molecular formula is C18H21N3O4S. The number of benzene rings is 1. The van der Waals surface area contributed by atoms with Crippen molar-refractivity contribution in [1.29, 1.82) is 0 Å². The highest BCUT2D eigenvalue weighted by Gasteiger charge is 2.13. The van der Waals surface area contributed by atoms with Gasteiger partial charge < -0.3 is 10.1 Å². The number of hydrogen-bond acceptors (Lipinski definition) is 6. The average Bonchev–Trinajstić information content (AvgIpc) is 3.01. The van der Waals surface area contributed by atoms with Gasteiger partial charge in [-0.2, -0.15) is 0 Å². The van der Waals surface area contributed by atoms with Gasteiger partial charge in [0.2, 0.25) is 0 Å². The fourth-order valence-electron chi connectivity index (χ4n) is 2.02. The Morgan fingerprint density at radius 2 is 1.88 bits per heavy atom. The van der Waals surface area contributed by atoms with Gasteiger partial charge in [0, 0.05) is 17.0 Å². The first-order chi connectivity index (χ1) is 12.3. The minimum absolute atomic E-state index is 0.0339. The van der Waals surface area contributed by atoms with Crippen LogP contribution in [0.4, 0.5) is 4.79 Å². The molecule has 0 saturated heterocycles. The van der Waals surface area contributed by atoms with Crippen molar-refractivity contribution in [2.45, 2.75) is 33.2 Å². The summed E-state index contributed by atoms with van der Waals surface area (Å²) in [6.45, 7) is 5.03. The molecule has 0 aliphatic rings. The lowest BCUT2D eigenvalue weighted by molar-refractivity contribution is -0.147. The normalized spacial score (nSPS) is 10.5. The molecule has 0 aliphatic carbocycles. The van der Waals surface area contributed by atoms with Crippen LogP contribution in [-0.2, 0) is 20.7 Å². The van der Waals surface area contributed by atoms with Gasteiger partial charge >= 0.3 is 12.0 Å². The molecule has 2 aromatic rings. The van der Waals surface area contributed by atoms with Crippen molar-refractivity contribution < 1.29 is 19.1 Å². The van der Waals surface area contributed by atoms with Crippen LogP contribution in [0.2, 0.25) is 0 Å². The largest absolute Gasteiger partial charge is 0.455 e. The Kier molecular flexibility index (Phi) is 6.85. The van der Waals surface area contributed by atoms with Crippen LogP contribution in [0.1, 0.15) is 25.1 Å². The van der Waals surface area contributed by atoms with E-state index in [4.69, 9.17) is 4.74 Å². The lowest BCUT2D eigenvalue weighted by Gasteiger charge is -2.09. The predicted molar refractivity (Wildman–Crippen MR) is 98.8 cm³/mol. The summed E-state index contributed by atoms with van der Waals surface area (Å²) in [5.74, 6) is -1.26. The number of hydrogen-bond donors (Lipinski definition) is 2. The van der Waals surface area contributed by atoms with Gasteiger partial charge in [-0.15, -0.1) is 11.3 Å². The van der Waals surface area contributed by atoms with Gasteiger partial charge in [-0.25, -0.2) is 9.78 Å². The molecule has 0 unspecified atom stereocenters. The highest BCUT2D eigenvalue weighted by molar-refractivity contribution is 7.13. The van der Waals surface area contributed by atoms with Crippen LogP contribution in [0.15, 0.2) is 29.6 Å². The SMILES string of the molecule is Cc1ccc(-c2nc(CC(=O)OCC(=O)NC(=O)NC(C)C)cs2)cc1. The molecule has 1 aromatic carbocycles. The summed E-state index contributed by atoms with van der Waals surface area (Å²) < 4.78 is 4.88. The van der Waals surface area contributed by atoms with Crippen LogP contribution in [-0.4, -0.2) is 35.5 Å². The van der Waals surface area contributed by atoms with E-state index in [1.54, 1.807) is 19.2 Å². The first kappa shape index (κ1) is 19.6. The Bertz CT molecular complexity index is 784. The van der Waals surface area contributed by atoms with Gasteiger partial charge in [0.05, 0.1) is 12.1 Å². The zero-order valence-electron chi connectivity index (χ0n) is 14.9. The number of carbonyl (C=O) groups excluding carboxylic acids is 3. The molecule has 7 nitrogen and oxygen atoms in total. The molecule has 26 heavy (non-hydrogen) atoms. The number of urea groups is 1. The van der Waals surface area contributed by atoms with Crippen LogP contribution >= 0.6 is 11.3 Å². The van der Waals surface area contributed by atoms with Gasteiger partial charge in [0.15, 0.2) is 6.61 Å². The zero-order chi connectivity index (χ0) is 19.1. The number of aryl methyl sites for hydroxylation is 1. The van der Waals surface area contributed by atoms with Crippen molar-refractivity contribution in [3.63, 3.8) is 0 Å². The van der Waals surface area contributed by atoms with E-state index in [2.05, 4.69) is 15.6 Å². The van der Waals surface area contributed by atoms with E-state index in [9.17, 15) is 14.4 Å². The van der Waals surface area contributed by atoms with E-state index in [1.807, 2.05) is 31.2 Å². The van der Waals surface area contributed by atoms with Crippen LogP contribution in [0, 0.1) is 6.92 Å². The van der Waals surface area contributed by atoms with Crippen molar-refractivity contribution in [3.05, 3.63) is 40.9 Å². The second-order valence-corrected chi connectivity index (χ2v) is 6.88. The minimum atomic E-state index is -0.685. The van der Waals surface area contributed by atoms with Crippen LogP contribution in [0.3, 0.4) is 0 Å². The zero-order valence-corrected chi connectivity index (χ0v) is 15.7. The second-order valence-electron chi connectivity index (χ2n) is 6.02. The second kappa shape index (κ2) is 9.10. The van der Waals surface area contributed by atoms with E-state index in [1.165, 1.54) is 11.3 Å². The van der Waals surface area contributed by atoms with E-state index in [0.29, 0.717) is 5.69 Å². The van der Waals surface area contributed by atoms with Crippen molar-refractivity contribution in [2.75, 3.05) is 6.61 Å². The molecule has 1 heterocycles. The van der Waals surface area contributed by atoms with Crippen molar-refractivity contribution in [2.24, 2.45) is 0 Å². The van der Waals surface area contributed by atoms with Crippen LogP contribution < -0.4 is 10.6 Å². The van der Waals surface area contributed by atoms with Gasteiger partial charge in [0.25, 0.3) is 5.91 Å². The molecule has 2 rings (SSSR count). The summed E-state index contributed by atoms with van der Waals surface area (Å²) in [7, 11) is 0. The Labute approximate surface area is 155 Å². The fraction of sp³-hybridized carbons (Fsp3) is 0.333. The molecule has 3 amide bonds. The molecule has 0 aliphatic heterocycles. The maximum Gasteiger partial charge on any atom is 0.321 e. The Balaban J connectivity index is 1.80. The summed E-state index contributed by atoms with van der Waals surface area (Å²) >= 11 is 1.44. The monoisotopic (exact) mass is 375 g/mol. The lowest BCUT2D eigenvalue weighted by Crippen LogP contribution is -2.44. The molecule has 0 radical (unpaired) electrons. The van der Waals surface area contributed by atoms with Crippen LogP contribution in [0.25, 0.3) is 10.6 Å². The number of nitrogens with one attached hydrogen (secondary N) is 2. The molecule has 0 atom stereocenters. The molecule has 0 saturated carbocycles. The summed E-state index contributed by atoms with van der Waals surface area (Å²) in [4.78, 5) is 39.2. The number of aromatic nitrogens is 1. The first-order valence-electron chi connectivity index (χ1n) is 8.11. The lowest BCUT2D eigenvalue weighted by atomic mass is 10.2. The molecule has 138 valence electrons. The number of nitrogens with zero attached hydrogens (tertiary/aromatic N) is 1. The highest BCUT2D eigenvalue weighted by atomic mass is 32.1. The number of carbonyl (C=O) groups is 3. The average molecular weight is 375 g/mol. The standard InChI is InChI=1S/C18H21N3O4S/c1-11(2)19-18(24)21-15(22)9-25-16(23)8-14-10-26-17(20-14)13-6-4-12(3)5-7-13/h4-7,10-11H,8-9H2,1-3H3,(H2,19,21,22,24). The van der Waals surface area contributed by atoms with Crippen molar-refractivity contribution in [1.82, 2.24) is 15.6 Å². The molecule has 0 fully saturated rings.